The summed E-state index contributed by atoms with van der Waals surface area (Å²) in [5.41, 5.74) is 2.13. The Morgan fingerprint density at radius 1 is 0.962 bits per heavy atom. The zero-order valence-electron chi connectivity index (χ0n) is 15.3. The minimum absolute atomic E-state index is 0.188. The molecule has 0 fully saturated rings. The Kier molecular flexibility index (Phi) is 7.53. The largest absolute Gasteiger partial charge is 0.455 e. The molecule has 0 spiro atoms. The van der Waals surface area contributed by atoms with Crippen LogP contribution in [0, 0.1) is 0 Å². The molecule has 2 aromatic carbocycles. The van der Waals surface area contributed by atoms with Crippen molar-refractivity contribution in [2.75, 3.05) is 38.4 Å². The third-order valence-corrected chi connectivity index (χ3v) is 4.74. The lowest BCUT2D eigenvalue weighted by Gasteiger charge is -2.18. The molecule has 0 saturated heterocycles. The molecule has 5 nitrogen and oxygen atoms in total. The third-order valence-electron chi connectivity index (χ3n) is 3.75. The Hall–Kier alpha value is -2.47. The number of esters is 1. The van der Waals surface area contributed by atoms with Crippen LogP contribution in [0.1, 0.15) is 5.56 Å². The van der Waals surface area contributed by atoms with Crippen molar-refractivity contribution >= 4 is 29.3 Å². The van der Waals surface area contributed by atoms with Gasteiger partial charge in [-0.15, -0.1) is 11.8 Å². The summed E-state index contributed by atoms with van der Waals surface area (Å²) in [7, 11) is 5.67. The SMILES string of the molecule is CN(Cc1ccc(N(C)C)cc1)C(=O)COC(=O)CSc1ccccc1. The van der Waals surface area contributed by atoms with E-state index in [1.54, 1.807) is 11.9 Å². The number of benzene rings is 2. The number of carbonyl (C=O) groups excluding carboxylic acids is 2. The van der Waals surface area contributed by atoms with E-state index in [2.05, 4.69) is 0 Å². The molecule has 2 aromatic rings. The topological polar surface area (TPSA) is 49.9 Å². The van der Waals surface area contributed by atoms with E-state index in [-0.39, 0.29) is 18.3 Å². The number of amides is 1. The second-order valence-corrected chi connectivity index (χ2v) is 7.12. The Labute approximate surface area is 158 Å². The van der Waals surface area contributed by atoms with Gasteiger partial charge in [0.15, 0.2) is 6.61 Å². The number of hydrogen-bond donors (Lipinski definition) is 0. The molecule has 0 aromatic heterocycles. The number of carbonyl (C=O) groups is 2. The second kappa shape index (κ2) is 9.87. The molecule has 0 aliphatic heterocycles. The van der Waals surface area contributed by atoms with Gasteiger partial charge in [0.25, 0.3) is 5.91 Å². The number of anilines is 1. The zero-order chi connectivity index (χ0) is 18.9. The summed E-state index contributed by atoms with van der Waals surface area (Å²) in [5, 5.41) is 0. The van der Waals surface area contributed by atoms with Gasteiger partial charge in [-0.2, -0.15) is 0 Å². The van der Waals surface area contributed by atoms with Gasteiger partial charge in [0, 0.05) is 38.3 Å². The molecule has 0 saturated carbocycles. The lowest BCUT2D eigenvalue weighted by atomic mass is 10.2. The van der Waals surface area contributed by atoms with Gasteiger partial charge >= 0.3 is 5.97 Å². The Bertz CT molecular complexity index is 718. The summed E-state index contributed by atoms with van der Waals surface area (Å²) in [5.74, 6) is -0.428. The fourth-order valence-electron chi connectivity index (χ4n) is 2.21. The smallest absolute Gasteiger partial charge is 0.316 e. The first-order chi connectivity index (χ1) is 12.5. The van der Waals surface area contributed by atoms with E-state index in [0.717, 1.165) is 16.1 Å². The standard InChI is InChI=1S/C20H24N2O3S/c1-21(2)17-11-9-16(10-12-17)13-22(3)19(23)14-25-20(24)15-26-18-7-5-4-6-8-18/h4-12H,13-15H2,1-3H3. The van der Waals surface area contributed by atoms with Gasteiger partial charge in [0.1, 0.15) is 0 Å². The minimum Gasteiger partial charge on any atom is -0.455 e. The van der Waals surface area contributed by atoms with Crippen LogP contribution in [0.15, 0.2) is 59.5 Å². The van der Waals surface area contributed by atoms with Crippen LogP contribution < -0.4 is 4.90 Å². The highest BCUT2D eigenvalue weighted by atomic mass is 32.2. The highest BCUT2D eigenvalue weighted by Gasteiger charge is 2.13. The van der Waals surface area contributed by atoms with E-state index in [9.17, 15) is 9.59 Å². The summed E-state index contributed by atoms with van der Waals surface area (Å²) in [4.78, 5) is 28.5. The van der Waals surface area contributed by atoms with Crippen LogP contribution in [-0.2, 0) is 20.9 Å². The number of hydrogen-bond acceptors (Lipinski definition) is 5. The summed E-state index contributed by atoms with van der Waals surface area (Å²) in [6.07, 6.45) is 0. The van der Waals surface area contributed by atoms with Crippen LogP contribution in [0.4, 0.5) is 5.69 Å². The van der Waals surface area contributed by atoms with Crippen molar-refractivity contribution < 1.29 is 14.3 Å². The average molecular weight is 372 g/mol. The number of likely N-dealkylation sites (N-methyl/N-ethyl adjacent to an activating group) is 1. The van der Waals surface area contributed by atoms with E-state index < -0.39 is 5.97 Å². The highest BCUT2D eigenvalue weighted by molar-refractivity contribution is 8.00. The van der Waals surface area contributed by atoms with E-state index >= 15 is 0 Å². The van der Waals surface area contributed by atoms with Crippen LogP contribution >= 0.6 is 11.8 Å². The normalized spacial score (nSPS) is 10.3. The molecular weight excluding hydrogens is 348 g/mol. The van der Waals surface area contributed by atoms with E-state index in [0.29, 0.717) is 6.54 Å². The number of ether oxygens (including phenoxy) is 1. The van der Waals surface area contributed by atoms with Gasteiger partial charge < -0.3 is 14.5 Å². The summed E-state index contributed by atoms with van der Waals surface area (Å²) in [6.45, 7) is 0.239. The fraction of sp³-hybridized carbons (Fsp3) is 0.300. The molecule has 0 bridgehead atoms. The molecule has 0 unspecified atom stereocenters. The minimum atomic E-state index is -0.393. The van der Waals surface area contributed by atoms with Gasteiger partial charge in [0.05, 0.1) is 5.75 Å². The molecule has 1 amide bonds. The van der Waals surface area contributed by atoms with E-state index in [4.69, 9.17) is 4.74 Å². The molecule has 0 radical (unpaired) electrons. The Balaban J connectivity index is 1.73. The quantitative estimate of drug-likeness (QED) is 0.527. The van der Waals surface area contributed by atoms with Crippen molar-refractivity contribution in [2.45, 2.75) is 11.4 Å². The van der Waals surface area contributed by atoms with Crippen LogP contribution in [-0.4, -0.2) is 50.3 Å². The molecule has 0 aliphatic carbocycles. The monoisotopic (exact) mass is 372 g/mol. The lowest BCUT2D eigenvalue weighted by Crippen LogP contribution is -2.31. The Morgan fingerprint density at radius 3 is 2.23 bits per heavy atom. The molecule has 138 valence electrons. The van der Waals surface area contributed by atoms with Crippen molar-refractivity contribution in [1.29, 1.82) is 0 Å². The lowest BCUT2D eigenvalue weighted by molar-refractivity contribution is -0.149. The number of nitrogens with zero attached hydrogens (tertiary/aromatic N) is 2. The first-order valence-electron chi connectivity index (χ1n) is 8.29. The molecular formula is C20H24N2O3S. The second-order valence-electron chi connectivity index (χ2n) is 6.07. The predicted octanol–water partition coefficient (Wildman–Crippen LogP) is 3.05. The van der Waals surface area contributed by atoms with Crippen LogP contribution in [0.2, 0.25) is 0 Å². The maximum Gasteiger partial charge on any atom is 0.316 e. The van der Waals surface area contributed by atoms with Crippen LogP contribution in [0.3, 0.4) is 0 Å². The van der Waals surface area contributed by atoms with Crippen LogP contribution in [0.5, 0.6) is 0 Å². The zero-order valence-corrected chi connectivity index (χ0v) is 16.2. The first-order valence-corrected chi connectivity index (χ1v) is 9.28. The first kappa shape index (κ1) is 19.8. The van der Waals surface area contributed by atoms with E-state index in [1.165, 1.54) is 11.8 Å². The summed E-state index contributed by atoms with van der Waals surface area (Å²) < 4.78 is 5.08. The van der Waals surface area contributed by atoms with Crippen molar-refractivity contribution in [3.8, 4) is 0 Å². The van der Waals surface area contributed by atoms with Crippen molar-refractivity contribution in [3.05, 3.63) is 60.2 Å². The van der Waals surface area contributed by atoms with Gasteiger partial charge in [-0.3, -0.25) is 9.59 Å². The molecule has 2 rings (SSSR count). The molecule has 0 N–H and O–H groups in total. The third kappa shape index (κ3) is 6.44. The van der Waals surface area contributed by atoms with Gasteiger partial charge in [-0.05, 0) is 29.8 Å². The van der Waals surface area contributed by atoms with Crippen molar-refractivity contribution in [2.24, 2.45) is 0 Å². The van der Waals surface area contributed by atoms with Gasteiger partial charge in [-0.25, -0.2) is 0 Å². The maximum absolute atomic E-state index is 12.1. The van der Waals surface area contributed by atoms with E-state index in [1.807, 2.05) is 73.6 Å². The number of thioether (sulfide) groups is 1. The highest BCUT2D eigenvalue weighted by Crippen LogP contribution is 2.17. The fourth-order valence-corrected chi connectivity index (χ4v) is 2.93. The molecule has 0 aliphatic rings. The van der Waals surface area contributed by atoms with Crippen LogP contribution in [0.25, 0.3) is 0 Å². The van der Waals surface area contributed by atoms with Crippen molar-refractivity contribution in [1.82, 2.24) is 4.90 Å². The van der Waals surface area contributed by atoms with Crippen molar-refractivity contribution in [3.63, 3.8) is 0 Å². The molecule has 0 atom stereocenters. The summed E-state index contributed by atoms with van der Waals surface area (Å²) in [6, 6.07) is 17.6. The summed E-state index contributed by atoms with van der Waals surface area (Å²) >= 11 is 1.39. The molecule has 6 heteroatoms. The predicted molar refractivity (Wildman–Crippen MR) is 105 cm³/mol. The molecule has 26 heavy (non-hydrogen) atoms. The van der Waals surface area contributed by atoms with Gasteiger partial charge in [-0.1, -0.05) is 30.3 Å². The molecule has 0 heterocycles. The maximum atomic E-state index is 12.1. The average Bonchev–Trinajstić information content (AvgIpc) is 2.65. The Morgan fingerprint density at radius 2 is 1.62 bits per heavy atom. The number of rotatable bonds is 8. The van der Waals surface area contributed by atoms with Gasteiger partial charge in [0.2, 0.25) is 0 Å².